The van der Waals surface area contributed by atoms with Crippen LogP contribution in [0.4, 0.5) is 0 Å². The van der Waals surface area contributed by atoms with Gasteiger partial charge in [-0.25, -0.2) is 0 Å². The van der Waals surface area contributed by atoms with Gasteiger partial charge >= 0.3 is 5.97 Å². The lowest BCUT2D eigenvalue weighted by molar-refractivity contribution is -0.142. The fraction of sp³-hybridized carbons (Fsp3) is 0.261. The Labute approximate surface area is 173 Å². The SMILES string of the molecule is Cc1cc(C(=O)COC(=O)CCC(=O)c2cccs2)c(C)n1Cc1ccccc1. The number of aromatic nitrogens is 1. The Kier molecular flexibility index (Phi) is 6.77. The topological polar surface area (TPSA) is 65.4 Å². The molecule has 0 bridgehead atoms. The summed E-state index contributed by atoms with van der Waals surface area (Å²) in [6.07, 6.45) is 0.0518. The van der Waals surface area contributed by atoms with Crippen molar-refractivity contribution in [2.75, 3.05) is 6.61 Å². The van der Waals surface area contributed by atoms with Gasteiger partial charge in [0, 0.05) is 29.9 Å². The van der Waals surface area contributed by atoms with E-state index in [4.69, 9.17) is 4.74 Å². The second-order valence-electron chi connectivity index (χ2n) is 6.84. The van der Waals surface area contributed by atoms with Gasteiger partial charge in [-0.15, -0.1) is 11.3 Å². The molecule has 0 aliphatic carbocycles. The van der Waals surface area contributed by atoms with Gasteiger partial charge in [0.15, 0.2) is 12.4 Å². The van der Waals surface area contributed by atoms with Gasteiger partial charge < -0.3 is 9.30 Å². The van der Waals surface area contributed by atoms with Crippen molar-refractivity contribution >= 4 is 28.9 Å². The number of ketones is 2. The van der Waals surface area contributed by atoms with E-state index in [9.17, 15) is 14.4 Å². The molecule has 0 atom stereocenters. The van der Waals surface area contributed by atoms with E-state index in [1.807, 2.05) is 55.6 Å². The van der Waals surface area contributed by atoms with Crippen molar-refractivity contribution in [1.29, 1.82) is 0 Å². The van der Waals surface area contributed by atoms with E-state index < -0.39 is 5.97 Å². The number of rotatable bonds is 9. The molecule has 3 aromatic rings. The number of thiophene rings is 1. The van der Waals surface area contributed by atoms with Gasteiger partial charge in [0.25, 0.3) is 0 Å². The first-order chi connectivity index (χ1) is 14.0. The van der Waals surface area contributed by atoms with E-state index in [0.717, 1.165) is 17.0 Å². The highest BCUT2D eigenvalue weighted by atomic mass is 32.1. The second-order valence-corrected chi connectivity index (χ2v) is 7.79. The Morgan fingerprint density at radius 3 is 2.41 bits per heavy atom. The lowest BCUT2D eigenvalue weighted by Crippen LogP contribution is -2.15. The van der Waals surface area contributed by atoms with Crippen LogP contribution in [0.3, 0.4) is 0 Å². The molecule has 0 aliphatic heterocycles. The molecule has 5 nitrogen and oxygen atoms in total. The number of benzene rings is 1. The summed E-state index contributed by atoms with van der Waals surface area (Å²) in [7, 11) is 0. The Morgan fingerprint density at radius 2 is 1.72 bits per heavy atom. The molecule has 2 aromatic heterocycles. The number of hydrogen-bond donors (Lipinski definition) is 0. The van der Waals surface area contributed by atoms with Crippen LogP contribution < -0.4 is 0 Å². The highest BCUT2D eigenvalue weighted by Gasteiger charge is 2.18. The van der Waals surface area contributed by atoms with Crippen molar-refractivity contribution in [3.05, 3.63) is 81.3 Å². The van der Waals surface area contributed by atoms with Crippen LogP contribution in [0, 0.1) is 13.8 Å². The predicted molar refractivity (Wildman–Crippen MR) is 113 cm³/mol. The number of aryl methyl sites for hydroxylation is 1. The van der Waals surface area contributed by atoms with Gasteiger partial charge in [-0.2, -0.15) is 0 Å². The fourth-order valence-corrected chi connectivity index (χ4v) is 3.86. The van der Waals surface area contributed by atoms with E-state index >= 15 is 0 Å². The summed E-state index contributed by atoms with van der Waals surface area (Å²) in [6.45, 7) is 4.21. The summed E-state index contributed by atoms with van der Waals surface area (Å²) >= 11 is 1.35. The molecule has 150 valence electrons. The van der Waals surface area contributed by atoms with E-state index in [-0.39, 0.29) is 31.0 Å². The van der Waals surface area contributed by atoms with E-state index in [0.29, 0.717) is 17.0 Å². The maximum absolute atomic E-state index is 12.6. The summed E-state index contributed by atoms with van der Waals surface area (Å²) in [5.41, 5.74) is 3.53. The molecule has 0 saturated carbocycles. The number of nitrogens with zero attached hydrogens (tertiary/aromatic N) is 1. The molecule has 0 unspecified atom stereocenters. The first-order valence-corrected chi connectivity index (χ1v) is 10.3. The molecule has 6 heteroatoms. The van der Waals surface area contributed by atoms with Gasteiger partial charge in [0.05, 0.1) is 11.3 Å². The Bertz CT molecular complexity index is 1000. The zero-order valence-corrected chi connectivity index (χ0v) is 17.3. The molecule has 0 saturated heterocycles. The number of Topliss-reactive ketones (excluding diaryl/α,β-unsaturated/α-hetero) is 2. The zero-order valence-electron chi connectivity index (χ0n) is 16.5. The molecule has 2 heterocycles. The first-order valence-electron chi connectivity index (χ1n) is 9.42. The number of carbonyl (C=O) groups is 3. The number of carbonyl (C=O) groups excluding carboxylic acids is 3. The van der Waals surface area contributed by atoms with Crippen LogP contribution in [0.15, 0.2) is 53.9 Å². The molecule has 1 aromatic carbocycles. The van der Waals surface area contributed by atoms with E-state index in [1.165, 1.54) is 11.3 Å². The van der Waals surface area contributed by atoms with Gasteiger partial charge in [0.2, 0.25) is 5.78 Å². The molecule has 3 rings (SSSR count). The molecular formula is C23H23NO4S. The minimum absolute atomic E-state index is 0.0307. The summed E-state index contributed by atoms with van der Waals surface area (Å²) in [6, 6.07) is 15.4. The van der Waals surface area contributed by atoms with Crippen molar-refractivity contribution < 1.29 is 19.1 Å². The standard InChI is InChI=1S/C23H23NO4S/c1-16-13-19(17(2)24(16)14-18-7-4-3-5-8-18)21(26)15-28-23(27)11-10-20(25)22-9-6-12-29-22/h3-9,12-13H,10-11,14-15H2,1-2H3. The Balaban J connectivity index is 1.54. The number of hydrogen-bond acceptors (Lipinski definition) is 5. The van der Waals surface area contributed by atoms with Gasteiger partial charge in [0.1, 0.15) is 0 Å². The molecule has 0 amide bonds. The second kappa shape index (κ2) is 9.47. The third kappa shape index (κ3) is 5.29. The highest BCUT2D eigenvalue weighted by Crippen LogP contribution is 2.18. The van der Waals surface area contributed by atoms with Crippen molar-refractivity contribution in [3.63, 3.8) is 0 Å². The molecular weight excluding hydrogens is 386 g/mol. The third-order valence-electron chi connectivity index (χ3n) is 4.77. The number of esters is 1. The average Bonchev–Trinajstić information content (AvgIpc) is 3.35. The van der Waals surface area contributed by atoms with Crippen molar-refractivity contribution in [3.8, 4) is 0 Å². The van der Waals surface area contributed by atoms with Crippen LogP contribution in [-0.2, 0) is 16.1 Å². The fourth-order valence-electron chi connectivity index (χ4n) is 3.16. The first kappa shape index (κ1) is 20.7. The molecule has 0 aliphatic rings. The zero-order chi connectivity index (χ0) is 20.8. The van der Waals surface area contributed by atoms with Crippen molar-refractivity contribution in [2.45, 2.75) is 33.2 Å². The van der Waals surface area contributed by atoms with Gasteiger partial charge in [-0.05, 0) is 36.9 Å². The monoisotopic (exact) mass is 409 g/mol. The molecule has 0 N–H and O–H groups in total. The third-order valence-corrected chi connectivity index (χ3v) is 5.68. The molecule has 29 heavy (non-hydrogen) atoms. The van der Waals surface area contributed by atoms with Gasteiger partial charge in [-0.1, -0.05) is 36.4 Å². The lowest BCUT2D eigenvalue weighted by atomic mass is 10.1. The normalized spacial score (nSPS) is 10.7. The smallest absolute Gasteiger partial charge is 0.306 e. The van der Waals surface area contributed by atoms with Crippen LogP contribution >= 0.6 is 11.3 Å². The summed E-state index contributed by atoms with van der Waals surface area (Å²) < 4.78 is 7.18. The minimum atomic E-state index is -0.540. The maximum Gasteiger partial charge on any atom is 0.306 e. The predicted octanol–water partition coefficient (Wildman–Crippen LogP) is 4.60. The minimum Gasteiger partial charge on any atom is -0.457 e. The molecule has 0 fully saturated rings. The van der Waals surface area contributed by atoms with E-state index in [2.05, 4.69) is 4.57 Å². The quantitative estimate of drug-likeness (QED) is 0.383. The van der Waals surface area contributed by atoms with Crippen LogP contribution in [0.25, 0.3) is 0 Å². The lowest BCUT2D eigenvalue weighted by Gasteiger charge is -2.10. The van der Waals surface area contributed by atoms with Gasteiger partial charge in [-0.3, -0.25) is 14.4 Å². The Morgan fingerprint density at radius 1 is 0.966 bits per heavy atom. The largest absolute Gasteiger partial charge is 0.457 e. The summed E-state index contributed by atoms with van der Waals surface area (Å²) in [5, 5.41) is 1.82. The molecule has 0 spiro atoms. The van der Waals surface area contributed by atoms with Crippen LogP contribution in [0.1, 0.15) is 49.8 Å². The maximum atomic E-state index is 12.6. The van der Waals surface area contributed by atoms with Crippen LogP contribution in [0.2, 0.25) is 0 Å². The van der Waals surface area contributed by atoms with Crippen LogP contribution in [-0.4, -0.2) is 28.7 Å². The highest BCUT2D eigenvalue weighted by molar-refractivity contribution is 7.12. The Hall–Kier alpha value is -2.99. The van der Waals surface area contributed by atoms with E-state index in [1.54, 1.807) is 12.1 Å². The summed E-state index contributed by atoms with van der Waals surface area (Å²) in [5.74, 6) is -0.871. The van der Waals surface area contributed by atoms with Crippen LogP contribution in [0.5, 0.6) is 0 Å². The molecule has 0 radical (unpaired) electrons. The number of ether oxygens (including phenoxy) is 1. The van der Waals surface area contributed by atoms with Crippen molar-refractivity contribution in [1.82, 2.24) is 4.57 Å². The average molecular weight is 410 g/mol. The van der Waals surface area contributed by atoms with Crippen molar-refractivity contribution in [2.24, 2.45) is 0 Å². The summed E-state index contributed by atoms with van der Waals surface area (Å²) in [4.78, 5) is 37.0.